The van der Waals surface area contributed by atoms with E-state index in [1.165, 1.54) is 0 Å². The maximum atomic E-state index is 12.2. The van der Waals surface area contributed by atoms with Crippen molar-refractivity contribution in [3.05, 3.63) is 34.9 Å². The van der Waals surface area contributed by atoms with Crippen molar-refractivity contribution in [1.29, 1.82) is 0 Å². The van der Waals surface area contributed by atoms with Crippen LogP contribution in [0.25, 0.3) is 0 Å². The third kappa shape index (κ3) is 6.44. The molecule has 4 heteroatoms. The van der Waals surface area contributed by atoms with Crippen molar-refractivity contribution in [2.75, 3.05) is 33.8 Å². The molecule has 0 heterocycles. The van der Waals surface area contributed by atoms with E-state index in [2.05, 4.69) is 22.1 Å². The van der Waals surface area contributed by atoms with Crippen LogP contribution in [0.1, 0.15) is 34.3 Å². The van der Waals surface area contributed by atoms with E-state index in [9.17, 15) is 4.79 Å². The molecule has 1 amide bonds. The molecule has 4 nitrogen and oxygen atoms in total. The highest BCUT2D eigenvalue weighted by atomic mass is 16.2. The molecule has 0 bridgehead atoms. The van der Waals surface area contributed by atoms with Gasteiger partial charge in [0.2, 0.25) is 0 Å². The van der Waals surface area contributed by atoms with Crippen molar-refractivity contribution in [2.24, 2.45) is 0 Å². The van der Waals surface area contributed by atoms with Gasteiger partial charge in [0.1, 0.15) is 0 Å². The predicted molar refractivity (Wildman–Crippen MR) is 85.3 cm³/mol. The van der Waals surface area contributed by atoms with Gasteiger partial charge < -0.3 is 15.3 Å². The Bertz CT molecular complexity index is 527. The molecule has 2 N–H and O–H groups in total. The fourth-order valence-electron chi connectivity index (χ4n) is 1.86. The van der Waals surface area contributed by atoms with Gasteiger partial charge >= 0.3 is 0 Å². The number of carbonyl (C=O) groups is 1. The molecule has 0 aliphatic heterocycles. The topological polar surface area (TPSA) is 52.6 Å². The lowest BCUT2D eigenvalue weighted by Crippen LogP contribution is -2.27. The quantitative estimate of drug-likeness (QED) is 0.615. The van der Waals surface area contributed by atoms with Crippen LogP contribution in [0.4, 0.5) is 0 Å². The van der Waals surface area contributed by atoms with E-state index in [-0.39, 0.29) is 12.5 Å². The molecule has 0 fully saturated rings. The smallest absolute Gasteiger partial charge is 0.251 e. The Labute approximate surface area is 127 Å². The summed E-state index contributed by atoms with van der Waals surface area (Å²) in [4.78, 5) is 14.3. The highest BCUT2D eigenvalue weighted by molar-refractivity contribution is 5.96. The molecule has 21 heavy (non-hydrogen) atoms. The van der Waals surface area contributed by atoms with Crippen molar-refractivity contribution in [3.8, 4) is 11.8 Å². The first-order valence-electron chi connectivity index (χ1n) is 7.18. The van der Waals surface area contributed by atoms with Gasteiger partial charge in [0.25, 0.3) is 5.91 Å². The summed E-state index contributed by atoms with van der Waals surface area (Å²) in [6, 6.07) is 5.60. The summed E-state index contributed by atoms with van der Waals surface area (Å²) in [7, 11) is 4.03. The van der Waals surface area contributed by atoms with Crippen LogP contribution in [0, 0.1) is 18.8 Å². The Morgan fingerprint density at radius 2 is 2.14 bits per heavy atom. The monoisotopic (exact) mass is 288 g/mol. The van der Waals surface area contributed by atoms with Gasteiger partial charge in [-0.2, -0.15) is 0 Å². The van der Waals surface area contributed by atoms with Gasteiger partial charge in [-0.25, -0.2) is 0 Å². The molecule has 1 aromatic carbocycles. The fourth-order valence-corrected chi connectivity index (χ4v) is 1.86. The van der Waals surface area contributed by atoms with E-state index in [1.54, 1.807) is 6.07 Å². The molecule has 0 saturated carbocycles. The maximum absolute atomic E-state index is 12.2. The molecular weight excluding hydrogens is 264 g/mol. The molecule has 114 valence electrons. The molecular formula is C17H24N2O2. The summed E-state index contributed by atoms with van der Waals surface area (Å²) in [6.45, 7) is 3.58. The minimum atomic E-state index is -0.0583. The van der Waals surface area contributed by atoms with Gasteiger partial charge in [-0.05, 0) is 51.7 Å². The van der Waals surface area contributed by atoms with Gasteiger partial charge in [-0.3, -0.25) is 4.79 Å². The molecule has 0 unspecified atom stereocenters. The average molecular weight is 288 g/mol. The highest BCUT2D eigenvalue weighted by Crippen LogP contribution is 2.10. The normalized spacial score (nSPS) is 10.1. The highest BCUT2D eigenvalue weighted by Gasteiger charge is 2.08. The van der Waals surface area contributed by atoms with E-state index >= 15 is 0 Å². The summed E-state index contributed by atoms with van der Waals surface area (Å²) < 4.78 is 0. The number of hydrogen-bond acceptors (Lipinski definition) is 3. The van der Waals surface area contributed by atoms with E-state index in [1.807, 2.05) is 33.2 Å². The SMILES string of the molecule is Cc1ccc(C#CCCO)cc1C(=O)NCCCN(C)C. The zero-order valence-electron chi connectivity index (χ0n) is 13.1. The Morgan fingerprint density at radius 3 is 2.81 bits per heavy atom. The summed E-state index contributed by atoms with van der Waals surface area (Å²) >= 11 is 0. The van der Waals surface area contributed by atoms with Crippen molar-refractivity contribution in [1.82, 2.24) is 10.2 Å². The molecule has 0 aliphatic carbocycles. The van der Waals surface area contributed by atoms with Crippen molar-refractivity contribution >= 4 is 5.91 Å². The van der Waals surface area contributed by atoms with Gasteiger partial charge in [0.05, 0.1) is 6.61 Å². The van der Waals surface area contributed by atoms with Crippen molar-refractivity contribution < 1.29 is 9.90 Å². The minimum Gasteiger partial charge on any atom is -0.395 e. The van der Waals surface area contributed by atoms with E-state index in [4.69, 9.17) is 5.11 Å². The van der Waals surface area contributed by atoms with E-state index < -0.39 is 0 Å². The van der Waals surface area contributed by atoms with Crippen LogP contribution in [-0.2, 0) is 0 Å². The third-order valence-corrected chi connectivity index (χ3v) is 3.02. The summed E-state index contributed by atoms with van der Waals surface area (Å²) in [5.74, 6) is 5.76. The van der Waals surface area contributed by atoms with Crippen LogP contribution in [0.15, 0.2) is 18.2 Å². The van der Waals surface area contributed by atoms with Crippen LogP contribution in [0.3, 0.4) is 0 Å². The standard InChI is InChI=1S/C17H24N2O2/c1-14-8-9-15(7-4-5-12-20)13-16(14)17(21)18-10-6-11-19(2)3/h8-9,13,20H,5-6,10-12H2,1-3H3,(H,18,21). The van der Waals surface area contributed by atoms with Crippen molar-refractivity contribution in [2.45, 2.75) is 19.8 Å². The molecule has 0 radical (unpaired) electrons. The molecule has 0 aliphatic rings. The van der Waals surface area contributed by atoms with Crippen LogP contribution in [0.2, 0.25) is 0 Å². The number of carbonyl (C=O) groups excluding carboxylic acids is 1. The lowest BCUT2D eigenvalue weighted by atomic mass is 10.0. The van der Waals surface area contributed by atoms with Crippen molar-refractivity contribution in [3.63, 3.8) is 0 Å². The molecule has 0 spiro atoms. The van der Waals surface area contributed by atoms with E-state index in [0.717, 1.165) is 24.1 Å². The number of aliphatic hydroxyl groups is 1. The third-order valence-electron chi connectivity index (χ3n) is 3.02. The number of nitrogens with one attached hydrogen (secondary N) is 1. The lowest BCUT2D eigenvalue weighted by Gasteiger charge is -2.11. The summed E-state index contributed by atoms with van der Waals surface area (Å²) in [5.41, 5.74) is 2.40. The number of amides is 1. The lowest BCUT2D eigenvalue weighted by molar-refractivity contribution is 0.0951. The maximum Gasteiger partial charge on any atom is 0.251 e. The second-order valence-corrected chi connectivity index (χ2v) is 5.22. The molecule has 0 saturated heterocycles. The molecule has 1 rings (SSSR count). The number of hydrogen-bond donors (Lipinski definition) is 2. The Morgan fingerprint density at radius 1 is 1.38 bits per heavy atom. The first kappa shape index (κ1) is 17.2. The first-order valence-corrected chi connectivity index (χ1v) is 7.18. The number of nitrogens with zero attached hydrogens (tertiary/aromatic N) is 1. The molecule has 1 aromatic rings. The second-order valence-electron chi connectivity index (χ2n) is 5.22. The zero-order valence-corrected chi connectivity index (χ0v) is 13.1. The Balaban J connectivity index is 2.66. The summed E-state index contributed by atoms with van der Waals surface area (Å²) in [6.07, 6.45) is 1.37. The summed E-state index contributed by atoms with van der Waals surface area (Å²) in [5, 5.41) is 11.7. The zero-order chi connectivity index (χ0) is 15.7. The van der Waals surface area contributed by atoms with Crippen LogP contribution in [-0.4, -0.2) is 49.7 Å². The molecule has 0 aromatic heterocycles. The number of benzene rings is 1. The largest absolute Gasteiger partial charge is 0.395 e. The fraction of sp³-hybridized carbons (Fsp3) is 0.471. The Hall–Kier alpha value is -1.83. The van der Waals surface area contributed by atoms with Crippen LogP contribution in [0.5, 0.6) is 0 Å². The van der Waals surface area contributed by atoms with Gasteiger partial charge in [-0.15, -0.1) is 0 Å². The minimum absolute atomic E-state index is 0.0537. The van der Waals surface area contributed by atoms with Crippen LogP contribution >= 0.6 is 0 Å². The van der Waals surface area contributed by atoms with Gasteiger partial charge in [-0.1, -0.05) is 17.9 Å². The van der Waals surface area contributed by atoms with Gasteiger partial charge in [0, 0.05) is 24.1 Å². The number of rotatable bonds is 6. The number of aryl methyl sites for hydroxylation is 1. The first-order chi connectivity index (χ1) is 10.0. The Kier molecular flexibility index (Phi) is 7.52. The predicted octanol–water partition coefficient (Wildman–Crippen LogP) is 1.41. The van der Waals surface area contributed by atoms with Gasteiger partial charge in [0.15, 0.2) is 0 Å². The average Bonchev–Trinajstić information content (AvgIpc) is 2.45. The van der Waals surface area contributed by atoms with Crippen LogP contribution < -0.4 is 5.32 Å². The molecule has 0 atom stereocenters. The number of aliphatic hydroxyl groups excluding tert-OH is 1. The van der Waals surface area contributed by atoms with E-state index in [0.29, 0.717) is 18.5 Å². The second kappa shape index (κ2) is 9.17.